The van der Waals surface area contributed by atoms with Gasteiger partial charge in [0.15, 0.2) is 11.5 Å². The molecule has 1 N–H and O–H groups in total. The zero-order chi connectivity index (χ0) is 15.8. The van der Waals surface area contributed by atoms with E-state index in [0.717, 1.165) is 29.5 Å². The van der Waals surface area contributed by atoms with Gasteiger partial charge in [-0.15, -0.1) is 0 Å². The molecule has 0 aromatic heterocycles. The molecule has 22 heavy (non-hydrogen) atoms. The average Bonchev–Trinajstić information content (AvgIpc) is 2.54. The zero-order valence-corrected chi connectivity index (χ0v) is 14.1. The SMILES string of the molecule is COCCOc1c(CNC2CCCC(C)C2)cccc1OC. The fraction of sp³-hybridized carbons (Fsp3) is 0.667. The van der Waals surface area contributed by atoms with E-state index in [1.165, 1.54) is 25.7 Å². The van der Waals surface area contributed by atoms with E-state index in [-0.39, 0.29) is 0 Å². The number of methoxy groups -OCH3 is 2. The summed E-state index contributed by atoms with van der Waals surface area (Å²) in [5.41, 5.74) is 1.15. The van der Waals surface area contributed by atoms with Gasteiger partial charge in [0.1, 0.15) is 6.61 Å². The first kappa shape index (κ1) is 17.1. The Bertz CT molecular complexity index is 450. The van der Waals surface area contributed by atoms with Gasteiger partial charge < -0.3 is 19.5 Å². The van der Waals surface area contributed by atoms with Crippen LogP contribution in [0.3, 0.4) is 0 Å². The van der Waals surface area contributed by atoms with Crippen molar-refractivity contribution in [1.29, 1.82) is 0 Å². The second kappa shape index (κ2) is 9.01. The van der Waals surface area contributed by atoms with Gasteiger partial charge in [0.2, 0.25) is 0 Å². The van der Waals surface area contributed by atoms with Crippen LogP contribution in [0.25, 0.3) is 0 Å². The van der Waals surface area contributed by atoms with Crippen molar-refractivity contribution in [2.75, 3.05) is 27.4 Å². The minimum absolute atomic E-state index is 0.532. The highest BCUT2D eigenvalue weighted by atomic mass is 16.5. The van der Waals surface area contributed by atoms with Crippen LogP contribution in [-0.4, -0.2) is 33.5 Å². The molecular formula is C18H29NO3. The minimum Gasteiger partial charge on any atom is -0.493 e. The number of benzene rings is 1. The lowest BCUT2D eigenvalue weighted by atomic mass is 9.87. The predicted molar refractivity (Wildman–Crippen MR) is 88.6 cm³/mol. The first-order valence-corrected chi connectivity index (χ1v) is 8.25. The van der Waals surface area contributed by atoms with Crippen LogP contribution in [0, 0.1) is 5.92 Å². The third kappa shape index (κ3) is 4.89. The fourth-order valence-corrected chi connectivity index (χ4v) is 3.13. The van der Waals surface area contributed by atoms with E-state index >= 15 is 0 Å². The molecule has 1 aromatic rings. The Morgan fingerprint density at radius 2 is 2.05 bits per heavy atom. The third-order valence-corrected chi connectivity index (χ3v) is 4.33. The Hall–Kier alpha value is -1.26. The first-order chi connectivity index (χ1) is 10.7. The Balaban J connectivity index is 1.99. The highest BCUT2D eigenvalue weighted by Crippen LogP contribution is 2.31. The van der Waals surface area contributed by atoms with Gasteiger partial charge in [-0.25, -0.2) is 0 Å². The number of rotatable bonds is 8. The van der Waals surface area contributed by atoms with Crippen molar-refractivity contribution in [3.63, 3.8) is 0 Å². The quantitative estimate of drug-likeness (QED) is 0.747. The summed E-state index contributed by atoms with van der Waals surface area (Å²) in [5, 5.41) is 3.68. The van der Waals surface area contributed by atoms with E-state index in [1.807, 2.05) is 12.1 Å². The standard InChI is InChI=1S/C18H29NO3/c1-14-6-4-8-16(12-14)19-13-15-7-5-9-17(21-3)18(15)22-11-10-20-2/h5,7,9,14,16,19H,4,6,8,10-13H2,1-3H3. The van der Waals surface area contributed by atoms with Crippen molar-refractivity contribution in [3.8, 4) is 11.5 Å². The molecular weight excluding hydrogens is 278 g/mol. The van der Waals surface area contributed by atoms with Crippen LogP contribution in [0.15, 0.2) is 18.2 Å². The molecule has 2 atom stereocenters. The van der Waals surface area contributed by atoms with Crippen LogP contribution < -0.4 is 14.8 Å². The average molecular weight is 307 g/mol. The van der Waals surface area contributed by atoms with Crippen LogP contribution in [0.1, 0.15) is 38.2 Å². The van der Waals surface area contributed by atoms with Crippen LogP contribution in [0.4, 0.5) is 0 Å². The lowest BCUT2D eigenvalue weighted by molar-refractivity contribution is 0.143. The summed E-state index contributed by atoms with van der Waals surface area (Å²) >= 11 is 0. The maximum atomic E-state index is 5.87. The van der Waals surface area contributed by atoms with Gasteiger partial charge in [-0.1, -0.05) is 31.9 Å². The molecule has 1 aliphatic rings. The van der Waals surface area contributed by atoms with Crippen molar-refractivity contribution in [1.82, 2.24) is 5.32 Å². The number of hydrogen-bond donors (Lipinski definition) is 1. The monoisotopic (exact) mass is 307 g/mol. The molecule has 0 bridgehead atoms. The van der Waals surface area contributed by atoms with Crippen LogP contribution in [-0.2, 0) is 11.3 Å². The van der Waals surface area contributed by atoms with Crippen LogP contribution in [0.5, 0.6) is 11.5 Å². The molecule has 1 saturated carbocycles. The van der Waals surface area contributed by atoms with E-state index in [0.29, 0.717) is 19.3 Å². The highest BCUT2D eigenvalue weighted by molar-refractivity contribution is 5.46. The van der Waals surface area contributed by atoms with E-state index in [2.05, 4.69) is 18.3 Å². The number of ether oxygens (including phenoxy) is 3. The van der Waals surface area contributed by atoms with Gasteiger partial charge in [0.25, 0.3) is 0 Å². The third-order valence-electron chi connectivity index (χ3n) is 4.33. The van der Waals surface area contributed by atoms with Crippen molar-refractivity contribution < 1.29 is 14.2 Å². The lowest BCUT2D eigenvalue weighted by Gasteiger charge is -2.28. The molecule has 124 valence electrons. The Morgan fingerprint density at radius 1 is 1.18 bits per heavy atom. The molecule has 2 rings (SSSR count). The van der Waals surface area contributed by atoms with Crippen molar-refractivity contribution in [2.45, 2.75) is 45.2 Å². The smallest absolute Gasteiger partial charge is 0.165 e. The van der Waals surface area contributed by atoms with Crippen LogP contribution >= 0.6 is 0 Å². The highest BCUT2D eigenvalue weighted by Gasteiger charge is 2.19. The predicted octanol–water partition coefficient (Wildman–Crippen LogP) is 3.39. The summed E-state index contributed by atoms with van der Waals surface area (Å²) in [6, 6.07) is 6.67. The van der Waals surface area contributed by atoms with Gasteiger partial charge in [-0.2, -0.15) is 0 Å². The van der Waals surface area contributed by atoms with E-state index in [4.69, 9.17) is 14.2 Å². The number of para-hydroxylation sites is 1. The zero-order valence-electron chi connectivity index (χ0n) is 14.1. The van der Waals surface area contributed by atoms with E-state index in [1.54, 1.807) is 14.2 Å². The van der Waals surface area contributed by atoms with Gasteiger partial charge in [0.05, 0.1) is 13.7 Å². The minimum atomic E-state index is 0.532. The summed E-state index contributed by atoms with van der Waals surface area (Å²) < 4.78 is 16.4. The molecule has 0 amide bonds. The molecule has 1 fully saturated rings. The van der Waals surface area contributed by atoms with Gasteiger partial charge in [-0.3, -0.25) is 0 Å². The number of nitrogens with one attached hydrogen (secondary N) is 1. The molecule has 2 unspecified atom stereocenters. The molecule has 1 aromatic carbocycles. The maximum Gasteiger partial charge on any atom is 0.165 e. The summed E-state index contributed by atoms with van der Waals surface area (Å²) in [5.74, 6) is 2.44. The maximum absolute atomic E-state index is 5.87. The van der Waals surface area contributed by atoms with Crippen LogP contribution in [0.2, 0.25) is 0 Å². The second-order valence-electron chi connectivity index (χ2n) is 6.14. The van der Waals surface area contributed by atoms with Crippen molar-refractivity contribution in [2.24, 2.45) is 5.92 Å². The normalized spacial score (nSPS) is 21.6. The fourth-order valence-electron chi connectivity index (χ4n) is 3.13. The molecule has 4 nitrogen and oxygen atoms in total. The Labute approximate surface area is 134 Å². The molecule has 0 heterocycles. The Kier molecular flexibility index (Phi) is 7.00. The lowest BCUT2D eigenvalue weighted by Crippen LogP contribution is -2.33. The summed E-state index contributed by atoms with van der Waals surface area (Å²) in [4.78, 5) is 0. The summed E-state index contributed by atoms with van der Waals surface area (Å²) in [6.45, 7) is 4.27. The molecule has 0 aliphatic heterocycles. The largest absolute Gasteiger partial charge is 0.493 e. The molecule has 4 heteroatoms. The molecule has 0 spiro atoms. The first-order valence-electron chi connectivity index (χ1n) is 8.25. The van der Waals surface area contributed by atoms with Gasteiger partial charge in [-0.05, 0) is 24.8 Å². The van der Waals surface area contributed by atoms with Gasteiger partial charge >= 0.3 is 0 Å². The van der Waals surface area contributed by atoms with E-state index in [9.17, 15) is 0 Å². The van der Waals surface area contributed by atoms with E-state index < -0.39 is 0 Å². The van der Waals surface area contributed by atoms with Crippen molar-refractivity contribution in [3.05, 3.63) is 23.8 Å². The topological polar surface area (TPSA) is 39.7 Å². The number of hydrogen-bond acceptors (Lipinski definition) is 4. The molecule has 0 saturated heterocycles. The second-order valence-corrected chi connectivity index (χ2v) is 6.14. The molecule has 0 radical (unpaired) electrons. The van der Waals surface area contributed by atoms with Crippen molar-refractivity contribution >= 4 is 0 Å². The Morgan fingerprint density at radius 3 is 2.77 bits per heavy atom. The summed E-state index contributed by atoms with van der Waals surface area (Å²) in [7, 11) is 3.36. The summed E-state index contributed by atoms with van der Waals surface area (Å²) in [6.07, 6.45) is 5.23. The molecule has 1 aliphatic carbocycles. The van der Waals surface area contributed by atoms with Gasteiger partial charge in [0, 0.05) is 25.3 Å².